The number of aromatic nitrogens is 2. The molecule has 29 heavy (non-hydrogen) atoms. The molecule has 9 heteroatoms. The maximum Gasteiger partial charge on any atom is 0.280 e. The molecule has 1 aromatic heterocycles. The lowest BCUT2D eigenvalue weighted by Gasteiger charge is -2.19. The number of ether oxygens (including phenoxy) is 1. The zero-order chi connectivity index (χ0) is 20.5. The molecule has 3 N–H and O–H groups in total. The number of fused-ring (bicyclic) bond motifs is 1. The highest BCUT2D eigenvalue weighted by Crippen LogP contribution is 2.30. The molecule has 1 atom stereocenters. The summed E-state index contributed by atoms with van der Waals surface area (Å²) < 4.78 is 7.73. The molecule has 2 heterocycles. The number of hydrogen-bond acceptors (Lipinski definition) is 5. The lowest BCUT2D eigenvalue weighted by atomic mass is 10.1. The Bertz CT molecular complexity index is 1270. The summed E-state index contributed by atoms with van der Waals surface area (Å²) in [7, 11) is 0. The normalized spacial score (nSPS) is 14.0. The second kappa shape index (κ2) is 8.03. The molecule has 3 aromatic rings. The largest absolute Gasteiger partial charge is 0.493 e. The third kappa shape index (κ3) is 3.69. The molecule has 1 aliphatic rings. The Labute approximate surface area is 178 Å². The fourth-order valence-corrected chi connectivity index (χ4v) is 4.00. The first-order valence-corrected chi connectivity index (χ1v) is 9.93. The van der Waals surface area contributed by atoms with Crippen LogP contribution in [-0.2, 0) is 16.0 Å². The molecular weight excluding hydrogens is 458 g/mol. The summed E-state index contributed by atoms with van der Waals surface area (Å²) in [5, 5.41) is 21.4. The van der Waals surface area contributed by atoms with Crippen LogP contribution in [0.4, 0.5) is 0 Å². The molecule has 0 aliphatic carbocycles. The summed E-state index contributed by atoms with van der Waals surface area (Å²) in [6.45, 7) is -0.556. The maximum absolute atomic E-state index is 12.5. The van der Waals surface area contributed by atoms with Crippen molar-refractivity contribution in [2.45, 2.75) is 12.6 Å². The van der Waals surface area contributed by atoms with E-state index in [-0.39, 0.29) is 21.9 Å². The van der Waals surface area contributed by atoms with Gasteiger partial charge >= 0.3 is 0 Å². The number of aromatic amines is 1. The average molecular weight is 474 g/mol. The van der Waals surface area contributed by atoms with Crippen LogP contribution in [0.25, 0.3) is 5.57 Å². The number of aliphatic hydroxyl groups is 1. The van der Waals surface area contributed by atoms with Gasteiger partial charge in [-0.1, -0.05) is 46.3 Å². The quantitative estimate of drug-likeness (QED) is 0.375. The Morgan fingerprint density at radius 1 is 1.24 bits per heavy atom. The molecule has 1 aliphatic heterocycles. The maximum atomic E-state index is 12.5. The molecule has 0 radical (unpaired) electrons. The van der Waals surface area contributed by atoms with Crippen molar-refractivity contribution in [1.82, 2.24) is 9.55 Å². The number of halogens is 1. The molecule has 0 bridgehead atoms. The van der Waals surface area contributed by atoms with Crippen LogP contribution in [0.2, 0.25) is 0 Å². The average Bonchev–Trinajstić information content (AvgIpc) is 3.16. The van der Waals surface area contributed by atoms with Crippen LogP contribution in [0.15, 0.2) is 58.0 Å². The van der Waals surface area contributed by atoms with E-state index in [0.29, 0.717) is 17.0 Å². The van der Waals surface area contributed by atoms with Crippen LogP contribution in [-0.4, -0.2) is 32.5 Å². The van der Waals surface area contributed by atoms with Gasteiger partial charge in [-0.2, -0.15) is 0 Å². The van der Waals surface area contributed by atoms with E-state index >= 15 is 0 Å². The van der Waals surface area contributed by atoms with Gasteiger partial charge in [0.1, 0.15) is 18.7 Å². The van der Waals surface area contributed by atoms with Crippen molar-refractivity contribution >= 4 is 39.6 Å². The molecule has 4 rings (SSSR count). The van der Waals surface area contributed by atoms with Gasteiger partial charge in [-0.15, -0.1) is 0 Å². The molecule has 7 nitrogen and oxygen atoms in total. The van der Waals surface area contributed by atoms with E-state index in [1.165, 1.54) is 4.57 Å². The number of H-pyrrole nitrogens is 1. The summed E-state index contributed by atoms with van der Waals surface area (Å²) in [4.78, 5) is 19.5. The van der Waals surface area contributed by atoms with Crippen LogP contribution < -0.4 is 10.6 Å². The summed E-state index contributed by atoms with van der Waals surface area (Å²) in [6.07, 6.45) is -0.410. The first-order valence-electron chi connectivity index (χ1n) is 8.72. The van der Waals surface area contributed by atoms with Gasteiger partial charge in [0.25, 0.3) is 5.91 Å². The summed E-state index contributed by atoms with van der Waals surface area (Å²) in [6, 6.07) is 14.8. The number of nitrogens with one attached hydrogen (secondary N) is 1. The first kappa shape index (κ1) is 19.7. The zero-order valence-corrected chi connectivity index (χ0v) is 17.4. The van der Waals surface area contributed by atoms with Gasteiger partial charge in [-0.05, 0) is 36.0 Å². The predicted octanol–water partition coefficient (Wildman–Crippen LogP) is 2.08. The molecule has 0 saturated heterocycles. The monoisotopic (exact) mass is 473 g/mol. The number of nitrogens with zero attached hydrogens (tertiary/aromatic N) is 2. The summed E-state index contributed by atoms with van der Waals surface area (Å²) in [5.74, 6) is -0.727. The van der Waals surface area contributed by atoms with Crippen molar-refractivity contribution < 1.29 is 19.7 Å². The van der Waals surface area contributed by atoms with Crippen molar-refractivity contribution in [2.75, 3.05) is 6.79 Å². The Morgan fingerprint density at radius 2 is 2.00 bits per heavy atom. The fourth-order valence-electron chi connectivity index (χ4n) is 3.34. The van der Waals surface area contributed by atoms with Gasteiger partial charge in [0.2, 0.25) is 5.88 Å². The van der Waals surface area contributed by atoms with E-state index in [4.69, 9.17) is 17.0 Å². The van der Waals surface area contributed by atoms with Crippen LogP contribution in [0, 0.1) is 4.77 Å². The fraction of sp³-hybridized carbons (Fsp3) is 0.150. The van der Waals surface area contributed by atoms with Gasteiger partial charge in [0, 0.05) is 16.1 Å². The highest BCUT2D eigenvalue weighted by atomic mass is 79.9. The van der Waals surface area contributed by atoms with Crippen molar-refractivity contribution in [3.05, 3.63) is 79.6 Å². The van der Waals surface area contributed by atoms with E-state index in [0.717, 1.165) is 10.0 Å². The number of rotatable bonds is 6. The lowest BCUT2D eigenvalue weighted by Crippen LogP contribution is -2.23. The molecule has 2 aromatic carbocycles. The minimum Gasteiger partial charge on any atom is -0.493 e. The van der Waals surface area contributed by atoms with Gasteiger partial charge in [-0.3, -0.25) is 9.36 Å². The number of aliphatic hydroxyl groups excluding tert-OH is 1. The van der Waals surface area contributed by atoms with Crippen molar-refractivity contribution in [2.24, 2.45) is 4.99 Å². The third-order valence-corrected chi connectivity index (χ3v) is 5.42. The highest BCUT2D eigenvalue weighted by molar-refractivity contribution is 9.10. The van der Waals surface area contributed by atoms with Crippen LogP contribution in [0.5, 0.6) is 5.88 Å². The lowest BCUT2D eigenvalue weighted by molar-refractivity contribution is -0.112. The van der Waals surface area contributed by atoms with Gasteiger partial charge in [0.05, 0.1) is 10.9 Å². The second-order valence-corrected chi connectivity index (χ2v) is 7.69. The summed E-state index contributed by atoms with van der Waals surface area (Å²) >= 11 is 8.78. The smallest absolute Gasteiger partial charge is 0.280 e. The molecule has 0 spiro atoms. The number of imidazole rings is 1. The molecule has 0 fully saturated rings. The third-order valence-electron chi connectivity index (χ3n) is 4.62. The number of aromatic hydroxyl groups is 1. The van der Waals surface area contributed by atoms with E-state index in [1.807, 2.05) is 30.3 Å². The minimum atomic E-state index is -0.768. The van der Waals surface area contributed by atoms with Crippen molar-refractivity contribution in [3.63, 3.8) is 0 Å². The molecule has 148 valence electrons. The van der Waals surface area contributed by atoms with Gasteiger partial charge in [0.15, 0.2) is 4.77 Å². The topological polar surface area (TPSA) is 99.8 Å². The number of hydrogen-bond donors (Lipinski definition) is 3. The first-order chi connectivity index (χ1) is 14.0. The van der Waals surface area contributed by atoms with Crippen molar-refractivity contribution in [1.29, 1.82) is 0 Å². The Balaban J connectivity index is 1.85. The number of carbonyl (C=O) groups is 1. The summed E-state index contributed by atoms with van der Waals surface area (Å²) in [5.41, 5.74) is 1.33. The standard InChI is InChI=1S/C20H16BrN3O4S/c21-12-6-7-14-13(9-12)16(18(26)22-14)17-19(27)24(20(29)23-17)15(28-10-25)8-11-4-2-1-3-5-11/h1-7,9,15,25,27H,8,10H2,(H,23,29). The zero-order valence-electron chi connectivity index (χ0n) is 15.0. The van der Waals surface area contributed by atoms with Gasteiger partial charge < -0.3 is 19.9 Å². The molecule has 1 amide bonds. The minimum absolute atomic E-state index is 0.163. The van der Waals surface area contributed by atoms with Crippen LogP contribution >= 0.6 is 28.1 Å². The van der Waals surface area contributed by atoms with Crippen LogP contribution in [0.3, 0.4) is 0 Å². The molecule has 1 unspecified atom stereocenters. The SMILES string of the molecule is O=C1N=c2ccc(Br)cc2=C1c1[nH]c(=S)n(C(Cc2ccccc2)OCO)c1O. The molecule has 0 saturated carbocycles. The predicted molar refractivity (Wildman–Crippen MR) is 111 cm³/mol. The Morgan fingerprint density at radius 3 is 2.72 bits per heavy atom. The molecular formula is C20H16BrN3O4S. The van der Waals surface area contributed by atoms with E-state index in [1.54, 1.807) is 18.2 Å². The van der Waals surface area contributed by atoms with Gasteiger partial charge in [-0.25, -0.2) is 4.99 Å². The van der Waals surface area contributed by atoms with Crippen LogP contribution in [0.1, 0.15) is 17.5 Å². The van der Waals surface area contributed by atoms with E-state index < -0.39 is 18.9 Å². The highest BCUT2D eigenvalue weighted by Gasteiger charge is 2.27. The van der Waals surface area contributed by atoms with E-state index in [9.17, 15) is 15.0 Å². The Kier molecular flexibility index (Phi) is 5.46. The number of carbonyl (C=O) groups excluding carboxylic acids is 1. The number of amides is 1. The second-order valence-electron chi connectivity index (χ2n) is 6.39. The van der Waals surface area contributed by atoms with Crippen molar-refractivity contribution in [3.8, 4) is 5.88 Å². The number of benzene rings is 2. The Hall–Kier alpha value is -2.59. The van der Waals surface area contributed by atoms with E-state index in [2.05, 4.69) is 25.9 Å².